The number of ether oxygens (including phenoxy) is 1. The molecule has 4 aromatic rings. The molecule has 0 saturated carbocycles. The van der Waals surface area contributed by atoms with Gasteiger partial charge >= 0.3 is 6.61 Å². The smallest absolute Gasteiger partial charge is 0.387 e. The largest absolute Gasteiger partial charge is 0.433 e. The Labute approximate surface area is 207 Å². The van der Waals surface area contributed by atoms with Crippen LogP contribution in [0.4, 0.5) is 26.1 Å². The molecule has 188 valence electrons. The Morgan fingerprint density at radius 3 is 2.63 bits per heavy atom. The highest BCUT2D eigenvalue weighted by Gasteiger charge is 2.16. The molecular formula is C23H30F2N8OS. The number of rotatable bonds is 9. The number of hydrogen-bond acceptors (Lipinski definition) is 9. The molecule has 0 aliphatic rings. The minimum absolute atomic E-state index is 0.0201. The summed E-state index contributed by atoms with van der Waals surface area (Å²) in [6.07, 6.45) is 1.61. The number of nitrogens with one attached hydrogen (secondary N) is 1. The van der Waals surface area contributed by atoms with E-state index in [1.165, 1.54) is 7.05 Å². The molecule has 35 heavy (non-hydrogen) atoms. The van der Waals surface area contributed by atoms with E-state index in [1.807, 2.05) is 50.6 Å². The van der Waals surface area contributed by atoms with Gasteiger partial charge in [0.05, 0.1) is 21.6 Å². The number of aryl methyl sites for hydroxylation is 1. The molecule has 3 N–H and O–H groups in total. The van der Waals surface area contributed by atoms with Crippen LogP contribution in [0.15, 0.2) is 41.9 Å². The van der Waals surface area contributed by atoms with E-state index in [-0.39, 0.29) is 11.7 Å². The normalized spacial score (nSPS) is 11.0. The minimum Gasteiger partial charge on any atom is -0.433 e. The van der Waals surface area contributed by atoms with Crippen LogP contribution in [0.1, 0.15) is 0 Å². The third kappa shape index (κ3) is 6.41. The molecule has 9 nitrogen and oxygen atoms in total. The Balaban J connectivity index is 0.00000167. The van der Waals surface area contributed by atoms with Crippen LogP contribution in [0.3, 0.4) is 0 Å². The lowest BCUT2D eigenvalue weighted by Gasteiger charge is -2.23. The molecule has 0 spiro atoms. The van der Waals surface area contributed by atoms with Crippen molar-refractivity contribution in [2.24, 2.45) is 12.8 Å². The lowest BCUT2D eigenvalue weighted by atomic mass is 10.2. The van der Waals surface area contributed by atoms with Gasteiger partial charge in [-0.05, 0) is 50.8 Å². The molecule has 0 unspecified atom stereocenters. The molecule has 0 saturated heterocycles. The minimum atomic E-state index is -2.96. The van der Waals surface area contributed by atoms with E-state index in [9.17, 15) is 8.78 Å². The van der Waals surface area contributed by atoms with Crippen molar-refractivity contribution in [2.75, 3.05) is 51.5 Å². The molecule has 0 amide bonds. The Morgan fingerprint density at radius 2 is 1.91 bits per heavy atom. The summed E-state index contributed by atoms with van der Waals surface area (Å²) >= 11 is 1.58. The highest BCUT2D eigenvalue weighted by atomic mass is 32.1. The van der Waals surface area contributed by atoms with Gasteiger partial charge in [-0.3, -0.25) is 4.68 Å². The van der Waals surface area contributed by atoms with Crippen LogP contribution in [0.25, 0.3) is 21.6 Å². The van der Waals surface area contributed by atoms with Crippen LogP contribution >= 0.6 is 11.3 Å². The van der Waals surface area contributed by atoms with Crippen LogP contribution in [-0.4, -0.2) is 72.5 Å². The third-order valence-corrected chi connectivity index (χ3v) is 6.02. The average molecular weight is 505 g/mol. The zero-order chi connectivity index (χ0) is 25.5. The van der Waals surface area contributed by atoms with Crippen LogP contribution in [0.5, 0.6) is 5.75 Å². The molecule has 3 heterocycles. The first kappa shape index (κ1) is 26.3. The fraction of sp³-hybridized carbons (Fsp3) is 0.348. The van der Waals surface area contributed by atoms with Gasteiger partial charge in [0.2, 0.25) is 5.95 Å². The van der Waals surface area contributed by atoms with Crippen molar-refractivity contribution in [1.82, 2.24) is 24.6 Å². The van der Waals surface area contributed by atoms with Gasteiger partial charge in [-0.25, -0.2) is 9.97 Å². The van der Waals surface area contributed by atoms with Crippen molar-refractivity contribution in [3.8, 4) is 17.1 Å². The van der Waals surface area contributed by atoms with Crippen molar-refractivity contribution in [3.05, 3.63) is 41.9 Å². The number of fused-ring (bicyclic) bond motifs is 1. The topological polar surface area (TPSA) is 97.4 Å². The summed E-state index contributed by atoms with van der Waals surface area (Å²) in [5.74, 6) is 0.280. The fourth-order valence-electron chi connectivity index (χ4n) is 3.35. The number of likely N-dealkylation sites (N-methyl/N-ethyl adjacent to an activating group) is 2. The molecule has 1 aromatic carbocycles. The van der Waals surface area contributed by atoms with Gasteiger partial charge in [0.25, 0.3) is 0 Å². The maximum absolute atomic E-state index is 13.1. The number of thiophene rings is 1. The number of aromatic nitrogens is 4. The van der Waals surface area contributed by atoms with E-state index in [0.717, 1.165) is 34.7 Å². The van der Waals surface area contributed by atoms with Gasteiger partial charge in [-0.15, -0.1) is 11.3 Å². The van der Waals surface area contributed by atoms with Gasteiger partial charge in [0.15, 0.2) is 5.75 Å². The van der Waals surface area contributed by atoms with Crippen molar-refractivity contribution >= 4 is 38.9 Å². The summed E-state index contributed by atoms with van der Waals surface area (Å²) in [7, 11) is 9.25. The van der Waals surface area contributed by atoms with E-state index >= 15 is 0 Å². The van der Waals surface area contributed by atoms with Crippen molar-refractivity contribution in [1.29, 1.82) is 0 Å². The second-order valence-electron chi connectivity index (χ2n) is 7.78. The van der Waals surface area contributed by atoms with Gasteiger partial charge < -0.3 is 25.6 Å². The quantitative estimate of drug-likeness (QED) is 0.353. The molecule has 0 atom stereocenters. The molecule has 4 rings (SSSR count). The third-order valence-electron chi connectivity index (χ3n) is 5.11. The maximum Gasteiger partial charge on any atom is 0.387 e. The Hall–Kier alpha value is -3.35. The lowest BCUT2D eigenvalue weighted by Crippen LogP contribution is -2.28. The highest BCUT2D eigenvalue weighted by molar-refractivity contribution is 7.17. The van der Waals surface area contributed by atoms with E-state index in [2.05, 4.69) is 31.0 Å². The average Bonchev–Trinajstić information content (AvgIpc) is 3.44. The highest BCUT2D eigenvalue weighted by Crippen LogP contribution is 2.34. The first-order chi connectivity index (χ1) is 16.8. The maximum atomic E-state index is 13.1. The fourth-order valence-corrected chi connectivity index (χ4v) is 4.26. The Kier molecular flexibility index (Phi) is 8.90. The van der Waals surface area contributed by atoms with E-state index in [0.29, 0.717) is 11.4 Å². The molecule has 0 radical (unpaired) electrons. The summed E-state index contributed by atoms with van der Waals surface area (Å²) in [6, 6.07) is 8.89. The molecule has 3 aromatic heterocycles. The Morgan fingerprint density at radius 1 is 1.14 bits per heavy atom. The lowest BCUT2D eigenvalue weighted by molar-refractivity contribution is -0.0493. The summed E-state index contributed by atoms with van der Waals surface area (Å²) < 4.78 is 33.9. The molecular weight excluding hydrogens is 474 g/mol. The first-order valence-electron chi connectivity index (χ1n) is 10.8. The van der Waals surface area contributed by atoms with Crippen molar-refractivity contribution in [2.45, 2.75) is 6.61 Å². The van der Waals surface area contributed by atoms with Gasteiger partial charge in [0.1, 0.15) is 5.69 Å². The first-order valence-corrected chi connectivity index (χ1v) is 11.7. The van der Waals surface area contributed by atoms with Crippen LogP contribution in [0, 0.1) is 0 Å². The second-order valence-corrected chi connectivity index (χ2v) is 8.70. The zero-order valence-electron chi connectivity index (χ0n) is 20.4. The monoisotopic (exact) mass is 504 g/mol. The Bertz CT molecular complexity index is 1240. The SMILES string of the molecule is CN.CN(C)CCN(C)c1ccc(Nc2nccc(-c3nn(C)c4ccsc34)n2)c(OC(F)F)c1. The molecule has 0 bridgehead atoms. The summed E-state index contributed by atoms with van der Waals surface area (Å²) in [6.45, 7) is -1.39. The summed E-state index contributed by atoms with van der Waals surface area (Å²) in [5.41, 5.74) is 8.01. The van der Waals surface area contributed by atoms with Crippen LogP contribution < -0.4 is 20.7 Å². The predicted octanol–water partition coefficient (Wildman–Crippen LogP) is 4.01. The molecule has 12 heteroatoms. The number of alkyl halides is 2. The van der Waals surface area contributed by atoms with Crippen molar-refractivity contribution < 1.29 is 13.5 Å². The number of nitrogens with zero attached hydrogens (tertiary/aromatic N) is 6. The number of benzene rings is 1. The predicted molar refractivity (Wildman–Crippen MR) is 138 cm³/mol. The standard InChI is InChI=1S/C22H25F2N7OS.CH5N/c1-29(2)10-11-30(3)14-5-6-15(18(13-14)32-21(23)24)26-22-25-9-7-16(27-22)19-20-17(8-12-33-20)31(4)28-19;1-2/h5-9,12-13,21H,10-11H2,1-4H3,(H,25,26,27);2H2,1H3. The van der Waals surface area contributed by atoms with E-state index < -0.39 is 6.61 Å². The number of anilines is 3. The second kappa shape index (κ2) is 11.9. The molecule has 0 aliphatic heterocycles. The zero-order valence-corrected chi connectivity index (χ0v) is 21.2. The van der Waals surface area contributed by atoms with Crippen LogP contribution in [-0.2, 0) is 7.05 Å². The summed E-state index contributed by atoms with van der Waals surface area (Å²) in [4.78, 5) is 12.8. The van der Waals surface area contributed by atoms with Gasteiger partial charge in [-0.1, -0.05) is 0 Å². The number of halogens is 2. The van der Waals surface area contributed by atoms with E-state index in [4.69, 9.17) is 4.74 Å². The van der Waals surface area contributed by atoms with Gasteiger partial charge in [-0.2, -0.15) is 13.9 Å². The van der Waals surface area contributed by atoms with Gasteiger partial charge in [0, 0.05) is 45.1 Å². The van der Waals surface area contributed by atoms with Crippen molar-refractivity contribution in [3.63, 3.8) is 0 Å². The van der Waals surface area contributed by atoms with E-state index in [1.54, 1.807) is 40.4 Å². The molecule has 0 fully saturated rings. The van der Waals surface area contributed by atoms with Crippen LogP contribution in [0.2, 0.25) is 0 Å². The summed E-state index contributed by atoms with van der Waals surface area (Å²) in [5, 5.41) is 9.58. The molecule has 0 aliphatic carbocycles. The number of nitrogens with two attached hydrogens (primary N) is 1. The number of hydrogen-bond donors (Lipinski definition) is 2.